The molecule has 1 aliphatic heterocycles. The van der Waals surface area contributed by atoms with E-state index in [0.717, 1.165) is 5.82 Å². The zero-order chi connectivity index (χ0) is 9.80. The van der Waals surface area contributed by atoms with Crippen LogP contribution in [0.1, 0.15) is 0 Å². The van der Waals surface area contributed by atoms with Crippen molar-refractivity contribution in [2.24, 2.45) is 0 Å². The third-order valence-electron chi connectivity index (χ3n) is 2.33. The molecule has 0 aromatic carbocycles. The summed E-state index contributed by atoms with van der Waals surface area (Å²) in [7, 11) is 1.70. The Bertz CT molecular complexity index is 279. The van der Waals surface area contributed by atoms with Gasteiger partial charge in [0.05, 0.1) is 19.3 Å². The van der Waals surface area contributed by atoms with Crippen molar-refractivity contribution < 1.29 is 9.47 Å². The number of anilines is 1. The highest BCUT2D eigenvalue weighted by atomic mass is 16.5. The zero-order valence-corrected chi connectivity index (χ0v) is 8.14. The number of hydrogen-bond donors (Lipinski definition) is 1. The van der Waals surface area contributed by atoms with Crippen molar-refractivity contribution in [3.05, 3.63) is 24.4 Å². The van der Waals surface area contributed by atoms with Gasteiger partial charge in [0, 0.05) is 13.3 Å². The summed E-state index contributed by atoms with van der Waals surface area (Å²) in [5.41, 5.74) is 0. The minimum atomic E-state index is 0.122. The van der Waals surface area contributed by atoms with Crippen molar-refractivity contribution in [3.63, 3.8) is 0 Å². The molecule has 76 valence electrons. The Hall–Kier alpha value is -1.13. The molecule has 4 heteroatoms. The average molecular weight is 194 g/mol. The van der Waals surface area contributed by atoms with E-state index in [1.165, 1.54) is 0 Å². The fourth-order valence-corrected chi connectivity index (χ4v) is 1.54. The van der Waals surface area contributed by atoms with Gasteiger partial charge in [0.1, 0.15) is 11.9 Å². The number of pyridine rings is 1. The predicted octanol–water partition coefficient (Wildman–Crippen LogP) is 0.907. The highest BCUT2D eigenvalue weighted by Gasteiger charge is 2.27. The van der Waals surface area contributed by atoms with Gasteiger partial charge in [0.2, 0.25) is 0 Å². The van der Waals surface area contributed by atoms with Gasteiger partial charge < -0.3 is 14.8 Å². The number of nitrogens with zero attached hydrogens (tertiary/aromatic N) is 1. The molecule has 0 bridgehead atoms. The van der Waals surface area contributed by atoms with Crippen molar-refractivity contribution in [2.45, 2.75) is 12.1 Å². The number of ether oxygens (including phenoxy) is 2. The van der Waals surface area contributed by atoms with Crippen molar-refractivity contribution in [1.29, 1.82) is 0 Å². The first-order valence-corrected chi connectivity index (χ1v) is 4.68. The monoisotopic (exact) mass is 194 g/mol. The first kappa shape index (κ1) is 9.43. The van der Waals surface area contributed by atoms with Gasteiger partial charge in [-0.2, -0.15) is 0 Å². The Morgan fingerprint density at radius 2 is 2.43 bits per heavy atom. The lowest BCUT2D eigenvalue weighted by Crippen LogP contribution is -2.33. The van der Waals surface area contributed by atoms with Gasteiger partial charge in [0.15, 0.2) is 0 Å². The molecule has 1 aromatic heterocycles. The fraction of sp³-hybridized carbons (Fsp3) is 0.500. The molecule has 2 atom stereocenters. The maximum atomic E-state index is 5.32. The number of nitrogens with one attached hydrogen (secondary N) is 1. The second-order valence-electron chi connectivity index (χ2n) is 3.28. The molecular weight excluding hydrogens is 180 g/mol. The van der Waals surface area contributed by atoms with Crippen molar-refractivity contribution in [3.8, 4) is 0 Å². The largest absolute Gasteiger partial charge is 0.377 e. The Labute approximate surface area is 83.2 Å². The van der Waals surface area contributed by atoms with Gasteiger partial charge in [-0.25, -0.2) is 4.98 Å². The smallest absolute Gasteiger partial charge is 0.126 e. The van der Waals surface area contributed by atoms with E-state index in [4.69, 9.17) is 9.47 Å². The van der Waals surface area contributed by atoms with Crippen LogP contribution in [-0.4, -0.2) is 37.5 Å². The van der Waals surface area contributed by atoms with Crippen molar-refractivity contribution in [2.75, 3.05) is 25.6 Å². The lowest BCUT2D eigenvalue weighted by atomic mass is 10.2. The number of aromatic nitrogens is 1. The first-order valence-electron chi connectivity index (χ1n) is 4.68. The summed E-state index contributed by atoms with van der Waals surface area (Å²) in [6.45, 7) is 1.33. The van der Waals surface area contributed by atoms with Crippen LogP contribution in [0.2, 0.25) is 0 Å². The normalized spacial score (nSPS) is 26.4. The van der Waals surface area contributed by atoms with E-state index in [1.807, 2.05) is 18.2 Å². The Morgan fingerprint density at radius 1 is 1.50 bits per heavy atom. The summed E-state index contributed by atoms with van der Waals surface area (Å²) in [5, 5.41) is 3.28. The van der Waals surface area contributed by atoms with Gasteiger partial charge in [-0.05, 0) is 12.1 Å². The molecule has 1 fully saturated rings. The van der Waals surface area contributed by atoms with Crippen LogP contribution in [-0.2, 0) is 9.47 Å². The van der Waals surface area contributed by atoms with E-state index in [1.54, 1.807) is 13.3 Å². The van der Waals surface area contributed by atoms with Gasteiger partial charge in [-0.3, -0.25) is 0 Å². The van der Waals surface area contributed by atoms with Crippen LogP contribution in [0, 0.1) is 0 Å². The molecule has 1 saturated heterocycles. The minimum absolute atomic E-state index is 0.122. The molecule has 0 saturated carbocycles. The molecule has 2 rings (SSSR count). The molecule has 1 N–H and O–H groups in total. The van der Waals surface area contributed by atoms with E-state index >= 15 is 0 Å². The molecule has 0 amide bonds. The van der Waals surface area contributed by atoms with Crippen LogP contribution in [0.5, 0.6) is 0 Å². The van der Waals surface area contributed by atoms with Crippen molar-refractivity contribution in [1.82, 2.24) is 4.98 Å². The quantitative estimate of drug-likeness (QED) is 0.776. The predicted molar refractivity (Wildman–Crippen MR) is 53.3 cm³/mol. The lowest BCUT2D eigenvalue weighted by Gasteiger charge is -2.17. The molecule has 2 heterocycles. The molecule has 1 aromatic rings. The molecule has 0 radical (unpaired) electrons. The summed E-state index contributed by atoms with van der Waals surface area (Å²) in [5.74, 6) is 0.866. The molecule has 4 nitrogen and oxygen atoms in total. The average Bonchev–Trinajstić information content (AvgIpc) is 2.67. The highest BCUT2D eigenvalue weighted by molar-refractivity contribution is 5.35. The van der Waals surface area contributed by atoms with E-state index in [-0.39, 0.29) is 12.1 Å². The van der Waals surface area contributed by atoms with Crippen LogP contribution in [0.3, 0.4) is 0 Å². The van der Waals surface area contributed by atoms with Gasteiger partial charge >= 0.3 is 0 Å². The van der Waals surface area contributed by atoms with E-state index in [2.05, 4.69) is 10.3 Å². The van der Waals surface area contributed by atoms with Crippen LogP contribution in [0.4, 0.5) is 5.82 Å². The molecular formula is C10H14N2O2. The van der Waals surface area contributed by atoms with Gasteiger partial charge in [-0.15, -0.1) is 0 Å². The number of rotatable bonds is 3. The standard InChI is InChI=1S/C10H14N2O2/c1-13-9-7-14-6-8(9)12-10-4-2-3-5-11-10/h2-5,8-9H,6-7H2,1H3,(H,11,12)/t8-,9-/m0/s1. The Kier molecular flexibility index (Phi) is 2.96. The third kappa shape index (κ3) is 2.02. The van der Waals surface area contributed by atoms with Crippen LogP contribution in [0.25, 0.3) is 0 Å². The van der Waals surface area contributed by atoms with E-state index in [0.29, 0.717) is 13.2 Å². The topological polar surface area (TPSA) is 43.4 Å². The summed E-state index contributed by atoms with van der Waals surface area (Å²) in [6, 6.07) is 5.98. The van der Waals surface area contributed by atoms with Gasteiger partial charge in [-0.1, -0.05) is 6.07 Å². The minimum Gasteiger partial charge on any atom is -0.377 e. The maximum absolute atomic E-state index is 5.32. The van der Waals surface area contributed by atoms with Crippen LogP contribution < -0.4 is 5.32 Å². The molecule has 14 heavy (non-hydrogen) atoms. The Morgan fingerprint density at radius 3 is 3.14 bits per heavy atom. The maximum Gasteiger partial charge on any atom is 0.126 e. The van der Waals surface area contributed by atoms with Crippen LogP contribution >= 0.6 is 0 Å². The number of methoxy groups -OCH3 is 1. The summed E-state index contributed by atoms with van der Waals surface area (Å²) in [6.07, 6.45) is 1.89. The second kappa shape index (κ2) is 4.39. The molecule has 0 aliphatic carbocycles. The number of hydrogen-bond acceptors (Lipinski definition) is 4. The first-order chi connectivity index (χ1) is 6.90. The highest BCUT2D eigenvalue weighted by Crippen LogP contribution is 2.13. The van der Waals surface area contributed by atoms with E-state index in [9.17, 15) is 0 Å². The van der Waals surface area contributed by atoms with Crippen molar-refractivity contribution >= 4 is 5.82 Å². The van der Waals surface area contributed by atoms with Gasteiger partial charge in [0.25, 0.3) is 0 Å². The van der Waals surface area contributed by atoms with Crippen LogP contribution in [0.15, 0.2) is 24.4 Å². The zero-order valence-electron chi connectivity index (χ0n) is 8.14. The summed E-state index contributed by atoms with van der Waals surface area (Å²) >= 11 is 0. The fourth-order valence-electron chi connectivity index (χ4n) is 1.54. The summed E-state index contributed by atoms with van der Waals surface area (Å²) < 4.78 is 10.6. The lowest BCUT2D eigenvalue weighted by molar-refractivity contribution is 0.0795. The molecule has 0 unspecified atom stereocenters. The second-order valence-corrected chi connectivity index (χ2v) is 3.28. The molecule has 1 aliphatic rings. The summed E-state index contributed by atoms with van der Waals surface area (Å²) in [4.78, 5) is 4.19. The SMILES string of the molecule is CO[C@H]1COC[C@@H]1Nc1ccccn1. The van der Waals surface area contributed by atoms with E-state index < -0.39 is 0 Å². The third-order valence-corrected chi connectivity index (χ3v) is 2.33. The molecule has 0 spiro atoms. The Balaban J connectivity index is 1.97.